The molecule has 2 rings (SSSR count). The molecule has 2 amide bonds. The third-order valence-electron chi connectivity index (χ3n) is 5.27. The van der Waals surface area contributed by atoms with E-state index in [0.717, 1.165) is 9.87 Å². The van der Waals surface area contributed by atoms with Crippen molar-refractivity contribution in [3.63, 3.8) is 0 Å². The first kappa shape index (κ1) is 26.3. The number of amides is 2. The average molecular weight is 482 g/mol. The van der Waals surface area contributed by atoms with Crippen LogP contribution in [0.25, 0.3) is 0 Å². The second-order valence-corrected chi connectivity index (χ2v) is 9.69. The lowest BCUT2D eigenvalue weighted by atomic mass is 10.1. The minimum absolute atomic E-state index is 0.0940. The molecule has 0 bridgehead atoms. The molecule has 3 N–H and O–H groups in total. The van der Waals surface area contributed by atoms with Gasteiger partial charge in [0.05, 0.1) is 4.90 Å². The molecule has 0 aliphatic carbocycles. The lowest BCUT2D eigenvalue weighted by molar-refractivity contribution is -0.142. The summed E-state index contributed by atoms with van der Waals surface area (Å²) in [5, 5.41) is 14.5. The number of nitrogens with zero attached hydrogens (tertiary/aromatic N) is 1. The number of benzene rings is 1. The van der Waals surface area contributed by atoms with E-state index in [-0.39, 0.29) is 24.5 Å². The summed E-state index contributed by atoms with van der Waals surface area (Å²) in [6.45, 7) is 5.86. The Morgan fingerprint density at radius 3 is 2.61 bits per heavy atom. The maximum absolute atomic E-state index is 13.0. The number of carbonyl (C=O) groups is 3. The van der Waals surface area contributed by atoms with Gasteiger partial charge in [0.15, 0.2) is 0 Å². The molecule has 11 heteroatoms. The minimum Gasteiger partial charge on any atom is -0.480 e. The molecule has 1 fully saturated rings. The van der Waals surface area contributed by atoms with Crippen molar-refractivity contribution in [3.8, 4) is 0 Å². The van der Waals surface area contributed by atoms with Gasteiger partial charge in [0.1, 0.15) is 18.7 Å². The number of alkyl carbamates (subject to hydrolysis) is 1. The zero-order valence-electron chi connectivity index (χ0n) is 18.7. The molecule has 0 saturated carbocycles. The van der Waals surface area contributed by atoms with Crippen molar-refractivity contribution >= 4 is 28.0 Å². The van der Waals surface area contributed by atoms with E-state index in [1.165, 1.54) is 18.2 Å². The monoisotopic (exact) mass is 481 g/mol. The van der Waals surface area contributed by atoms with E-state index in [4.69, 9.17) is 4.74 Å². The summed E-state index contributed by atoms with van der Waals surface area (Å²) < 4.78 is 32.0. The van der Waals surface area contributed by atoms with Crippen LogP contribution in [0, 0.1) is 6.92 Å². The molecule has 0 radical (unpaired) electrons. The molecule has 0 unspecified atom stereocenters. The van der Waals surface area contributed by atoms with Crippen LogP contribution in [0.1, 0.15) is 37.7 Å². The van der Waals surface area contributed by atoms with Crippen molar-refractivity contribution in [1.82, 2.24) is 14.9 Å². The van der Waals surface area contributed by atoms with E-state index >= 15 is 0 Å². The van der Waals surface area contributed by atoms with E-state index in [0.29, 0.717) is 32.2 Å². The molecule has 2 atom stereocenters. The smallest absolute Gasteiger partial charge is 0.407 e. The number of ether oxygens (including phenoxy) is 1. The van der Waals surface area contributed by atoms with E-state index in [1.807, 2.05) is 6.92 Å². The molecule has 1 aliphatic heterocycles. The molecule has 1 heterocycles. The maximum Gasteiger partial charge on any atom is 0.407 e. The van der Waals surface area contributed by atoms with Gasteiger partial charge in [-0.1, -0.05) is 30.4 Å². The van der Waals surface area contributed by atoms with Crippen molar-refractivity contribution < 1.29 is 32.6 Å². The Hall–Kier alpha value is -2.92. The number of aliphatic carboxylic acids is 1. The summed E-state index contributed by atoms with van der Waals surface area (Å²) in [6, 6.07) is 4.26. The first-order chi connectivity index (χ1) is 15.7. The van der Waals surface area contributed by atoms with E-state index in [1.54, 1.807) is 12.1 Å². The number of unbranched alkanes of at least 4 members (excludes halogenated alkanes) is 1. The van der Waals surface area contributed by atoms with Gasteiger partial charge in [0.2, 0.25) is 15.9 Å². The number of rotatable bonds is 12. The summed E-state index contributed by atoms with van der Waals surface area (Å²) in [4.78, 5) is 35.9. The maximum atomic E-state index is 13.0. The number of nitrogens with one attached hydrogen (secondary N) is 2. The van der Waals surface area contributed by atoms with Crippen molar-refractivity contribution in [2.75, 3.05) is 19.7 Å². The molecule has 0 spiro atoms. The van der Waals surface area contributed by atoms with Gasteiger partial charge >= 0.3 is 12.1 Å². The molecule has 1 aromatic rings. The summed E-state index contributed by atoms with van der Waals surface area (Å²) >= 11 is 0. The second-order valence-electron chi connectivity index (χ2n) is 7.80. The summed E-state index contributed by atoms with van der Waals surface area (Å²) in [6.07, 6.45) is 2.73. The van der Waals surface area contributed by atoms with Gasteiger partial charge in [-0.2, -0.15) is 4.31 Å². The highest BCUT2D eigenvalue weighted by Gasteiger charge is 2.40. The Morgan fingerprint density at radius 2 is 1.97 bits per heavy atom. The number of hydrogen-bond acceptors (Lipinski definition) is 6. The molecule has 182 valence electrons. The summed E-state index contributed by atoms with van der Waals surface area (Å²) in [7, 11) is -3.88. The van der Waals surface area contributed by atoms with E-state index < -0.39 is 40.1 Å². The van der Waals surface area contributed by atoms with Crippen molar-refractivity contribution in [1.29, 1.82) is 0 Å². The van der Waals surface area contributed by atoms with Crippen molar-refractivity contribution in [2.45, 2.75) is 56.0 Å². The summed E-state index contributed by atoms with van der Waals surface area (Å²) in [5.74, 6) is -1.82. The normalized spacial score (nSPS) is 17.2. The number of carbonyl (C=O) groups excluding carboxylic acids is 2. The molecule has 10 nitrogen and oxygen atoms in total. The number of carboxylic acid groups (broad SMARTS) is 1. The van der Waals surface area contributed by atoms with Crippen LogP contribution in [0.5, 0.6) is 0 Å². The fraction of sp³-hybridized carbons (Fsp3) is 0.500. The standard InChI is InChI=1S/C22H31N3O7S/c1-3-15-32-22(29)23-13-5-4-7-18(21(27)28)24-20(26)19-8-6-14-25(19)33(30,31)17-11-9-16(2)10-12-17/h3,9-12,18-19H,1,4-8,13-15H2,2H3,(H,23,29)(H,24,26)(H,27,28)/t18-,19-/m0/s1. The second kappa shape index (κ2) is 12.4. The molecular formula is C22H31N3O7S. The minimum atomic E-state index is -3.88. The third kappa shape index (κ3) is 7.57. The molecular weight excluding hydrogens is 450 g/mol. The Labute approximate surface area is 194 Å². The van der Waals surface area contributed by atoms with E-state index in [2.05, 4.69) is 17.2 Å². The molecule has 1 aromatic carbocycles. The molecule has 0 aromatic heterocycles. The predicted molar refractivity (Wildman–Crippen MR) is 121 cm³/mol. The van der Waals surface area contributed by atoms with Gasteiger partial charge in [0.25, 0.3) is 0 Å². The zero-order valence-corrected chi connectivity index (χ0v) is 19.5. The zero-order chi connectivity index (χ0) is 24.4. The van der Waals surface area contributed by atoms with Crippen LogP contribution >= 0.6 is 0 Å². The first-order valence-corrected chi connectivity index (χ1v) is 12.2. The Bertz CT molecular complexity index is 947. The average Bonchev–Trinajstić information content (AvgIpc) is 3.28. The van der Waals surface area contributed by atoms with Gasteiger partial charge in [-0.3, -0.25) is 4.79 Å². The summed E-state index contributed by atoms with van der Waals surface area (Å²) in [5.41, 5.74) is 0.915. The van der Waals surface area contributed by atoms with Crippen LogP contribution < -0.4 is 10.6 Å². The quantitative estimate of drug-likeness (QED) is 0.305. The van der Waals surface area contributed by atoms with Gasteiger partial charge in [-0.25, -0.2) is 18.0 Å². The van der Waals surface area contributed by atoms with Gasteiger partial charge in [-0.05, 0) is 51.2 Å². The molecule has 1 aliphatic rings. The largest absolute Gasteiger partial charge is 0.480 e. The highest BCUT2D eigenvalue weighted by Crippen LogP contribution is 2.26. The number of hydrogen-bond donors (Lipinski definition) is 3. The van der Waals surface area contributed by atoms with Crippen LogP contribution in [0.4, 0.5) is 4.79 Å². The van der Waals surface area contributed by atoms with Gasteiger partial charge in [0, 0.05) is 13.1 Å². The number of sulfonamides is 1. The lowest BCUT2D eigenvalue weighted by Gasteiger charge is -2.25. The van der Waals surface area contributed by atoms with Crippen LogP contribution in [0.3, 0.4) is 0 Å². The fourth-order valence-electron chi connectivity index (χ4n) is 3.51. The molecule has 1 saturated heterocycles. The Kier molecular flexibility index (Phi) is 9.86. The van der Waals surface area contributed by atoms with Gasteiger partial charge in [-0.15, -0.1) is 0 Å². The van der Waals surface area contributed by atoms with Crippen molar-refractivity contribution in [3.05, 3.63) is 42.5 Å². The predicted octanol–water partition coefficient (Wildman–Crippen LogP) is 1.80. The lowest BCUT2D eigenvalue weighted by Crippen LogP contribution is -2.50. The number of aryl methyl sites for hydroxylation is 1. The topological polar surface area (TPSA) is 142 Å². The fourth-order valence-corrected chi connectivity index (χ4v) is 5.17. The highest BCUT2D eigenvalue weighted by atomic mass is 32.2. The third-order valence-corrected chi connectivity index (χ3v) is 7.19. The SMILES string of the molecule is C=CCOC(=O)NCCCC[C@H](NC(=O)[C@@H]1CCCN1S(=O)(=O)c1ccc(C)cc1)C(=O)O. The van der Waals surface area contributed by atoms with Crippen LogP contribution in [0.15, 0.2) is 41.8 Å². The van der Waals surface area contributed by atoms with E-state index in [9.17, 15) is 27.9 Å². The molecule has 33 heavy (non-hydrogen) atoms. The van der Waals surface area contributed by atoms with Crippen LogP contribution in [-0.4, -0.2) is 67.6 Å². The Balaban J connectivity index is 1.92. The van der Waals surface area contributed by atoms with Crippen molar-refractivity contribution in [2.24, 2.45) is 0 Å². The number of carboxylic acids is 1. The van der Waals surface area contributed by atoms with Gasteiger partial charge < -0.3 is 20.5 Å². The van der Waals surface area contributed by atoms with Crippen LogP contribution in [0.2, 0.25) is 0 Å². The Morgan fingerprint density at radius 1 is 1.27 bits per heavy atom. The first-order valence-electron chi connectivity index (χ1n) is 10.8. The van der Waals surface area contributed by atoms with Crippen LogP contribution in [-0.2, 0) is 24.3 Å². The highest BCUT2D eigenvalue weighted by molar-refractivity contribution is 7.89.